The van der Waals surface area contributed by atoms with Crippen LogP contribution in [0.2, 0.25) is 5.02 Å². The van der Waals surface area contributed by atoms with Crippen LogP contribution in [0.3, 0.4) is 0 Å². The molecule has 1 N–H and O–H groups in total. The van der Waals surface area contributed by atoms with Crippen molar-refractivity contribution in [3.63, 3.8) is 0 Å². The number of benzene rings is 2. The van der Waals surface area contributed by atoms with Gasteiger partial charge in [-0.3, -0.25) is 4.79 Å². The van der Waals surface area contributed by atoms with Gasteiger partial charge in [-0.2, -0.15) is 0 Å². The van der Waals surface area contributed by atoms with E-state index < -0.39 is 23.5 Å². The zero-order valence-electron chi connectivity index (χ0n) is 25.5. The third-order valence-corrected chi connectivity index (χ3v) is 8.02. The molecule has 1 aliphatic rings. The summed E-state index contributed by atoms with van der Waals surface area (Å²) in [6, 6.07) is 11.1. The molecule has 7 nitrogen and oxygen atoms in total. The van der Waals surface area contributed by atoms with Crippen LogP contribution in [-0.4, -0.2) is 43.9 Å². The molecule has 3 rings (SSSR count). The lowest BCUT2D eigenvalue weighted by molar-refractivity contribution is -0.180. The fourth-order valence-electron chi connectivity index (χ4n) is 5.23. The second-order valence-corrected chi connectivity index (χ2v) is 11.9. The minimum absolute atomic E-state index is 0.110. The van der Waals surface area contributed by atoms with Crippen molar-refractivity contribution in [2.24, 2.45) is 11.8 Å². The lowest BCUT2D eigenvalue weighted by atomic mass is 9.81. The highest BCUT2D eigenvalue weighted by atomic mass is 35.5. The van der Waals surface area contributed by atoms with Gasteiger partial charge in [-0.05, 0) is 92.3 Å². The number of unbranched alkanes of at least 4 members (excludes halogenated alkanes) is 3. The van der Waals surface area contributed by atoms with E-state index in [-0.39, 0.29) is 18.1 Å². The summed E-state index contributed by atoms with van der Waals surface area (Å²) >= 11 is 6.30. The third kappa shape index (κ3) is 8.51. The van der Waals surface area contributed by atoms with Crippen LogP contribution in [0.15, 0.2) is 49.1 Å². The maximum Gasteiger partial charge on any atom is 0.343 e. The van der Waals surface area contributed by atoms with Crippen LogP contribution in [0.1, 0.15) is 76.0 Å². The molecule has 42 heavy (non-hydrogen) atoms. The number of hydrogen-bond donors (Lipinski definition) is 1. The maximum absolute atomic E-state index is 13.1. The van der Waals surface area contributed by atoms with Gasteiger partial charge >= 0.3 is 11.9 Å². The quantitative estimate of drug-likeness (QED) is 0.160. The number of fused-ring (bicyclic) bond motifs is 2. The van der Waals surface area contributed by atoms with Crippen molar-refractivity contribution in [3.05, 3.63) is 70.8 Å². The van der Waals surface area contributed by atoms with Gasteiger partial charge in [-0.1, -0.05) is 50.1 Å². The third-order valence-electron chi connectivity index (χ3n) is 7.79. The average Bonchev–Trinajstić information content (AvgIpc) is 3.01. The predicted molar refractivity (Wildman–Crippen MR) is 167 cm³/mol. The smallest absolute Gasteiger partial charge is 0.343 e. The summed E-state index contributed by atoms with van der Waals surface area (Å²) in [5, 5.41) is 12.6. The van der Waals surface area contributed by atoms with E-state index in [1.165, 1.54) is 19.6 Å². The number of aryl methyl sites for hydroxylation is 1. The number of allylic oxidation sites excluding steroid dienone is 1. The summed E-state index contributed by atoms with van der Waals surface area (Å²) < 4.78 is 16.8. The Morgan fingerprint density at radius 2 is 1.90 bits per heavy atom. The Bertz CT molecular complexity index is 1210. The first-order valence-corrected chi connectivity index (χ1v) is 15.4. The highest BCUT2D eigenvalue weighted by Gasteiger charge is 2.49. The highest BCUT2D eigenvalue weighted by molar-refractivity contribution is 6.30. The molecule has 0 amide bonds. The molecule has 0 aliphatic carbocycles. The van der Waals surface area contributed by atoms with Crippen molar-refractivity contribution in [3.8, 4) is 5.75 Å². The molecular formula is C34H46ClNO6. The van der Waals surface area contributed by atoms with E-state index in [9.17, 15) is 14.7 Å². The second-order valence-electron chi connectivity index (χ2n) is 11.5. The molecular weight excluding hydrogens is 554 g/mol. The topological polar surface area (TPSA) is 85.3 Å². The number of carbonyl (C=O) groups excluding carboxylic acids is 2. The van der Waals surface area contributed by atoms with Crippen LogP contribution in [0.5, 0.6) is 5.75 Å². The van der Waals surface area contributed by atoms with E-state index in [0.717, 1.165) is 69.3 Å². The van der Waals surface area contributed by atoms with Crippen LogP contribution >= 0.6 is 11.6 Å². The Kier molecular flexibility index (Phi) is 12.7. The first kappa shape index (κ1) is 33.5. The van der Waals surface area contributed by atoms with Crippen LogP contribution < -0.4 is 9.64 Å². The number of anilines is 1. The van der Waals surface area contributed by atoms with E-state index in [1.807, 2.05) is 38.1 Å². The minimum atomic E-state index is -2.25. The van der Waals surface area contributed by atoms with Crippen molar-refractivity contribution in [2.45, 2.75) is 77.9 Å². The van der Waals surface area contributed by atoms with Crippen LogP contribution in [0.25, 0.3) is 0 Å². The van der Waals surface area contributed by atoms with Crippen molar-refractivity contribution in [2.75, 3.05) is 31.7 Å². The molecule has 2 aromatic carbocycles. The van der Waals surface area contributed by atoms with Crippen molar-refractivity contribution < 1.29 is 28.9 Å². The molecule has 0 bridgehead atoms. The van der Waals surface area contributed by atoms with Gasteiger partial charge in [-0.25, -0.2) is 4.79 Å². The number of esters is 2. The largest absolute Gasteiger partial charge is 0.487 e. The van der Waals surface area contributed by atoms with Gasteiger partial charge in [0.05, 0.1) is 25.3 Å². The Balaban J connectivity index is 2.04. The van der Waals surface area contributed by atoms with Crippen molar-refractivity contribution in [1.82, 2.24) is 0 Å². The van der Waals surface area contributed by atoms with Crippen molar-refractivity contribution in [1.29, 1.82) is 0 Å². The number of hydrogen-bond acceptors (Lipinski definition) is 7. The summed E-state index contributed by atoms with van der Waals surface area (Å²) in [5.74, 6) is -2.04. The first-order valence-electron chi connectivity index (χ1n) is 15.0. The molecule has 0 spiro atoms. The van der Waals surface area contributed by atoms with E-state index in [4.69, 9.17) is 25.8 Å². The van der Waals surface area contributed by atoms with E-state index >= 15 is 0 Å². The molecule has 0 saturated carbocycles. The molecule has 0 saturated heterocycles. The number of halogens is 1. The number of aliphatic hydroxyl groups is 1. The second kappa shape index (κ2) is 16.0. The standard InChI is InChI=1S/C34H46ClNO6/c1-6-7-8-9-11-18-36-19-12-10-13-26-20-29(35)16-14-27(26)23-41-31-17-15-28(21-30(31)36)34(39,33(38)40-5)25(4)32(37)42-22-24(2)3/h6,14-17,20-21,24-25,39H,1,7-13,18-19,22-23H2,2-5H3/t25-,34?/m1/s1. The molecule has 8 heteroatoms. The Hall–Kier alpha value is -3.03. The number of ether oxygens (including phenoxy) is 3. The van der Waals surface area contributed by atoms with Gasteiger partial charge in [0.1, 0.15) is 12.4 Å². The number of nitrogens with zero attached hydrogens (tertiary/aromatic N) is 1. The van der Waals surface area contributed by atoms with E-state index in [2.05, 4.69) is 11.5 Å². The van der Waals surface area contributed by atoms with Gasteiger partial charge in [0.15, 0.2) is 0 Å². The Morgan fingerprint density at radius 1 is 1.12 bits per heavy atom. The van der Waals surface area contributed by atoms with Crippen LogP contribution in [0.4, 0.5) is 5.69 Å². The summed E-state index contributed by atoms with van der Waals surface area (Å²) in [7, 11) is 1.20. The molecule has 1 heterocycles. The highest BCUT2D eigenvalue weighted by Crippen LogP contribution is 2.39. The van der Waals surface area contributed by atoms with Gasteiger partial charge < -0.3 is 24.2 Å². The number of carbonyl (C=O) groups is 2. The number of rotatable bonds is 12. The fraction of sp³-hybridized carbons (Fsp3) is 0.529. The Morgan fingerprint density at radius 3 is 2.62 bits per heavy atom. The van der Waals surface area contributed by atoms with E-state index in [1.54, 1.807) is 18.2 Å². The molecule has 1 aliphatic heterocycles. The van der Waals surface area contributed by atoms with E-state index in [0.29, 0.717) is 17.4 Å². The lowest BCUT2D eigenvalue weighted by Gasteiger charge is -2.33. The minimum Gasteiger partial charge on any atom is -0.487 e. The van der Waals surface area contributed by atoms with Gasteiger partial charge in [-0.15, -0.1) is 6.58 Å². The lowest BCUT2D eigenvalue weighted by Crippen LogP contribution is -2.47. The number of methoxy groups -OCH3 is 1. The summed E-state index contributed by atoms with van der Waals surface area (Å²) in [5.41, 5.74) is 1.01. The molecule has 0 aromatic heterocycles. The van der Waals surface area contributed by atoms with Crippen LogP contribution in [-0.2, 0) is 37.7 Å². The first-order chi connectivity index (χ1) is 20.1. The zero-order chi connectivity index (χ0) is 30.7. The zero-order valence-corrected chi connectivity index (χ0v) is 26.3. The molecule has 2 aromatic rings. The normalized spacial score (nSPS) is 15.7. The monoisotopic (exact) mass is 599 g/mol. The predicted octanol–water partition coefficient (Wildman–Crippen LogP) is 7.00. The summed E-state index contributed by atoms with van der Waals surface area (Å²) in [6.07, 6.45) is 8.79. The molecule has 1 unspecified atom stereocenters. The average molecular weight is 600 g/mol. The fourth-order valence-corrected chi connectivity index (χ4v) is 5.43. The maximum atomic E-state index is 13.1. The molecule has 0 fully saturated rings. The molecule has 0 radical (unpaired) electrons. The molecule has 2 atom stereocenters. The van der Waals surface area contributed by atoms with Crippen LogP contribution in [0, 0.1) is 11.8 Å². The summed E-state index contributed by atoms with van der Waals surface area (Å²) in [4.78, 5) is 28.4. The Labute approximate surface area is 255 Å². The molecule has 230 valence electrons. The van der Waals surface area contributed by atoms with Gasteiger partial charge in [0.2, 0.25) is 5.60 Å². The van der Waals surface area contributed by atoms with Crippen molar-refractivity contribution >= 4 is 29.2 Å². The SMILES string of the molecule is C=CCCCCCN1CCCCc2cc(Cl)ccc2COc2ccc(C(O)(C(=O)OC)[C@H](C)C(=O)OCC(C)C)cc21. The summed E-state index contributed by atoms with van der Waals surface area (Å²) in [6.45, 7) is 11.2. The van der Waals surface area contributed by atoms with Gasteiger partial charge in [0, 0.05) is 18.1 Å². The van der Waals surface area contributed by atoms with Gasteiger partial charge in [0.25, 0.3) is 0 Å².